The highest BCUT2D eigenvalue weighted by atomic mass is 16.5. The Morgan fingerprint density at radius 3 is 2.93 bits per heavy atom. The molecule has 1 aliphatic carbocycles. The Bertz CT molecular complexity index is 423. The maximum Gasteiger partial charge on any atom is 0.163 e. The van der Waals surface area contributed by atoms with Gasteiger partial charge >= 0.3 is 0 Å². The summed E-state index contributed by atoms with van der Waals surface area (Å²) in [4.78, 5) is 21.6. The Kier molecular flexibility index (Phi) is 2.41. The summed E-state index contributed by atoms with van der Waals surface area (Å²) in [6.07, 6.45) is 1.10. The normalized spacial score (nSPS) is 13.7. The minimum atomic E-state index is -1.27. The van der Waals surface area contributed by atoms with E-state index < -0.39 is 12.6 Å². The standard InChI is InChI=1S/C11H10O4/c12-9-5-4-8-7(9)2-1-3-10(8)15-6-11(13)14/h1-3H,4-6H2,(H,13,14)/p-1. The van der Waals surface area contributed by atoms with Gasteiger partial charge in [-0.3, -0.25) is 4.79 Å². The van der Waals surface area contributed by atoms with Crippen LogP contribution < -0.4 is 9.84 Å². The number of hydrogen-bond acceptors (Lipinski definition) is 4. The van der Waals surface area contributed by atoms with E-state index in [2.05, 4.69) is 0 Å². The third-order valence-electron chi connectivity index (χ3n) is 2.38. The maximum atomic E-state index is 11.4. The van der Waals surface area contributed by atoms with Gasteiger partial charge in [-0.05, 0) is 12.5 Å². The van der Waals surface area contributed by atoms with Crippen LogP contribution in [0, 0.1) is 0 Å². The molecule has 0 aromatic heterocycles. The largest absolute Gasteiger partial charge is 0.546 e. The number of carboxylic acids is 1. The van der Waals surface area contributed by atoms with Gasteiger partial charge in [0, 0.05) is 17.5 Å². The molecule has 0 saturated carbocycles. The lowest BCUT2D eigenvalue weighted by molar-refractivity contribution is -0.307. The molecule has 0 aliphatic heterocycles. The van der Waals surface area contributed by atoms with Crippen molar-refractivity contribution >= 4 is 11.8 Å². The van der Waals surface area contributed by atoms with Crippen molar-refractivity contribution in [1.82, 2.24) is 0 Å². The van der Waals surface area contributed by atoms with Crippen LogP contribution in [0.4, 0.5) is 0 Å². The molecule has 1 aliphatic rings. The van der Waals surface area contributed by atoms with E-state index in [0.29, 0.717) is 24.2 Å². The van der Waals surface area contributed by atoms with Crippen molar-refractivity contribution in [3.8, 4) is 5.75 Å². The summed E-state index contributed by atoms with van der Waals surface area (Å²) in [6, 6.07) is 5.09. The third-order valence-corrected chi connectivity index (χ3v) is 2.38. The first kappa shape index (κ1) is 9.71. The zero-order valence-electron chi connectivity index (χ0n) is 7.99. The van der Waals surface area contributed by atoms with Crippen molar-refractivity contribution in [2.24, 2.45) is 0 Å². The molecule has 1 aromatic carbocycles. The molecule has 0 radical (unpaired) electrons. The summed E-state index contributed by atoms with van der Waals surface area (Å²) >= 11 is 0. The van der Waals surface area contributed by atoms with Crippen LogP contribution in [0.3, 0.4) is 0 Å². The van der Waals surface area contributed by atoms with Crippen LogP contribution in [0.2, 0.25) is 0 Å². The number of carbonyl (C=O) groups excluding carboxylic acids is 2. The molecule has 4 nitrogen and oxygen atoms in total. The van der Waals surface area contributed by atoms with Crippen LogP contribution in [0.15, 0.2) is 18.2 Å². The van der Waals surface area contributed by atoms with Gasteiger partial charge in [0.25, 0.3) is 0 Å². The van der Waals surface area contributed by atoms with Gasteiger partial charge in [0.05, 0.1) is 5.97 Å². The lowest BCUT2D eigenvalue weighted by Gasteiger charge is -2.10. The van der Waals surface area contributed by atoms with E-state index in [4.69, 9.17) is 4.74 Å². The molecule has 0 fully saturated rings. The number of rotatable bonds is 3. The molecule has 1 aromatic rings. The van der Waals surface area contributed by atoms with E-state index in [0.717, 1.165) is 5.56 Å². The number of fused-ring (bicyclic) bond motifs is 1. The molecule has 0 atom stereocenters. The Balaban J connectivity index is 2.26. The van der Waals surface area contributed by atoms with Crippen LogP contribution in [0.5, 0.6) is 5.75 Å². The predicted octanol–water partition coefficient (Wildman–Crippen LogP) is -0.0558. The van der Waals surface area contributed by atoms with Crippen LogP contribution in [0.25, 0.3) is 0 Å². The smallest absolute Gasteiger partial charge is 0.163 e. The Labute approximate surface area is 86.5 Å². The molecular weight excluding hydrogens is 196 g/mol. The Morgan fingerprint density at radius 2 is 2.20 bits per heavy atom. The molecule has 0 unspecified atom stereocenters. The highest BCUT2D eigenvalue weighted by Crippen LogP contribution is 2.30. The van der Waals surface area contributed by atoms with E-state index in [9.17, 15) is 14.7 Å². The van der Waals surface area contributed by atoms with Crippen LogP contribution in [-0.4, -0.2) is 18.4 Å². The van der Waals surface area contributed by atoms with E-state index >= 15 is 0 Å². The van der Waals surface area contributed by atoms with Crippen LogP contribution >= 0.6 is 0 Å². The molecule has 78 valence electrons. The van der Waals surface area contributed by atoms with E-state index in [1.165, 1.54) is 0 Å². The summed E-state index contributed by atoms with van der Waals surface area (Å²) in [5, 5.41) is 10.2. The Morgan fingerprint density at radius 1 is 1.40 bits per heavy atom. The number of carbonyl (C=O) groups is 2. The monoisotopic (exact) mass is 205 g/mol. The predicted molar refractivity (Wildman–Crippen MR) is 49.6 cm³/mol. The average molecular weight is 205 g/mol. The summed E-state index contributed by atoms with van der Waals surface area (Å²) < 4.78 is 5.04. The average Bonchev–Trinajstić information content (AvgIpc) is 2.58. The summed E-state index contributed by atoms with van der Waals surface area (Å²) in [6.45, 7) is -0.482. The molecule has 4 heteroatoms. The second kappa shape index (κ2) is 3.73. The van der Waals surface area contributed by atoms with E-state index in [1.54, 1.807) is 18.2 Å². The number of ether oxygens (including phenoxy) is 1. The van der Waals surface area contributed by atoms with Gasteiger partial charge in [-0.2, -0.15) is 0 Å². The van der Waals surface area contributed by atoms with Gasteiger partial charge in [-0.25, -0.2) is 0 Å². The minimum absolute atomic E-state index is 0.0869. The summed E-state index contributed by atoms with van der Waals surface area (Å²) in [5.41, 5.74) is 1.45. The zero-order valence-corrected chi connectivity index (χ0v) is 7.99. The van der Waals surface area contributed by atoms with Crippen molar-refractivity contribution < 1.29 is 19.4 Å². The van der Waals surface area contributed by atoms with Crippen molar-refractivity contribution in [2.75, 3.05) is 6.61 Å². The highest BCUT2D eigenvalue weighted by Gasteiger charge is 2.22. The molecule has 0 saturated heterocycles. The highest BCUT2D eigenvalue weighted by molar-refractivity contribution is 6.01. The van der Waals surface area contributed by atoms with Crippen LogP contribution in [0.1, 0.15) is 22.3 Å². The van der Waals surface area contributed by atoms with E-state index in [-0.39, 0.29) is 5.78 Å². The fourth-order valence-corrected chi connectivity index (χ4v) is 1.73. The third kappa shape index (κ3) is 1.83. The summed E-state index contributed by atoms with van der Waals surface area (Å²) in [7, 11) is 0. The second-order valence-corrected chi connectivity index (χ2v) is 3.37. The first-order valence-electron chi connectivity index (χ1n) is 4.66. The fourth-order valence-electron chi connectivity index (χ4n) is 1.73. The molecule has 0 bridgehead atoms. The lowest BCUT2D eigenvalue weighted by atomic mass is 10.1. The fraction of sp³-hybridized carbons (Fsp3) is 0.273. The minimum Gasteiger partial charge on any atom is -0.546 e. The number of ketones is 1. The van der Waals surface area contributed by atoms with Gasteiger partial charge in [0.1, 0.15) is 12.4 Å². The lowest BCUT2D eigenvalue weighted by Crippen LogP contribution is -2.29. The van der Waals surface area contributed by atoms with Gasteiger partial charge < -0.3 is 14.6 Å². The molecule has 0 N–H and O–H groups in total. The molecule has 0 heterocycles. The number of carboxylic acid groups (broad SMARTS) is 1. The summed E-state index contributed by atoms with van der Waals surface area (Å²) in [5.74, 6) is -0.705. The number of Topliss-reactive ketones (excluding diaryl/α,β-unsaturated/α-hetero) is 1. The van der Waals surface area contributed by atoms with Crippen molar-refractivity contribution in [2.45, 2.75) is 12.8 Å². The van der Waals surface area contributed by atoms with Crippen LogP contribution in [-0.2, 0) is 11.2 Å². The molecule has 15 heavy (non-hydrogen) atoms. The van der Waals surface area contributed by atoms with Crippen molar-refractivity contribution in [3.63, 3.8) is 0 Å². The molecular formula is C11H9O4-. The molecule has 2 rings (SSSR count). The van der Waals surface area contributed by atoms with Gasteiger partial charge in [-0.15, -0.1) is 0 Å². The number of hydrogen-bond donors (Lipinski definition) is 0. The van der Waals surface area contributed by atoms with Gasteiger partial charge in [-0.1, -0.05) is 12.1 Å². The SMILES string of the molecule is O=C([O-])COc1cccc2c1CCC2=O. The maximum absolute atomic E-state index is 11.4. The van der Waals surface area contributed by atoms with Crippen molar-refractivity contribution in [3.05, 3.63) is 29.3 Å². The number of benzene rings is 1. The zero-order chi connectivity index (χ0) is 10.8. The number of aliphatic carboxylic acids is 1. The van der Waals surface area contributed by atoms with Gasteiger partial charge in [0.15, 0.2) is 5.78 Å². The molecule has 0 amide bonds. The first-order valence-corrected chi connectivity index (χ1v) is 4.66. The first-order chi connectivity index (χ1) is 7.18. The quantitative estimate of drug-likeness (QED) is 0.693. The van der Waals surface area contributed by atoms with Crippen molar-refractivity contribution in [1.29, 1.82) is 0 Å². The molecule has 0 spiro atoms. The topological polar surface area (TPSA) is 66.4 Å². The van der Waals surface area contributed by atoms with E-state index in [1.807, 2.05) is 0 Å². The van der Waals surface area contributed by atoms with Gasteiger partial charge in [0.2, 0.25) is 0 Å². The second-order valence-electron chi connectivity index (χ2n) is 3.37. The Hall–Kier alpha value is -1.84.